The minimum Gasteiger partial charge on any atom is -0.395 e. The second-order valence-electron chi connectivity index (χ2n) is 4.01. The van der Waals surface area contributed by atoms with Gasteiger partial charge >= 0.3 is 0 Å². The zero-order chi connectivity index (χ0) is 14.7. The van der Waals surface area contributed by atoms with E-state index in [1.54, 1.807) is 6.07 Å². The number of rotatable bonds is 4. The standard InChI is InChI=1S/C13H10ClN3O3/c14-10-5-9(2-1-8(10)7-15)16-11-6-12(19)17(3-4-18)13(11)20/h1-2,5-6,16,18H,3-4H2. The number of carbonyl (C=O) groups is 2. The number of aliphatic hydroxyl groups is 1. The maximum Gasteiger partial charge on any atom is 0.277 e. The molecule has 7 heteroatoms. The van der Waals surface area contributed by atoms with Crippen molar-refractivity contribution in [3.63, 3.8) is 0 Å². The van der Waals surface area contributed by atoms with Gasteiger partial charge in [0.1, 0.15) is 11.8 Å². The number of hydrogen-bond acceptors (Lipinski definition) is 5. The lowest BCUT2D eigenvalue weighted by molar-refractivity contribution is -0.137. The maximum atomic E-state index is 11.9. The van der Waals surface area contributed by atoms with Crippen LogP contribution in [0, 0.1) is 11.3 Å². The molecule has 0 radical (unpaired) electrons. The topological polar surface area (TPSA) is 93.4 Å². The third-order valence-electron chi connectivity index (χ3n) is 2.70. The van der Waals surface area contributed by atoms with Gasteiger partial charge in [-0.15, -0.1) is 0 Å². The minimum atomic E-state index is -0.510. The second-order valence-corrected chi connectivity index (χ2v) is 4.42. The van der Waals surface area contributed by atoms with Crippen LogP contribution in [0.3, 0.4) is 0 Å². The van der Waals surface area contributed by atoms with Crippen molar-refractivity contribution in [3.8, 4) is 6.07 Å². The monoisotopic (exact) mass is 291 g/mol. The molecule has 2 amide bonds. The van der Waals surface area contributed by atoms with Gasteiger partial charge in [0, 0.05) is 11.8 Å². The Balaban J connectivity index is 2.17. The molecule has 1 aromatic carbocycles. The van der Waals surface area contributed by atoms with E-state index in [4.69, 9.17) is 22.0 Å². The molecule has 1 aliphatic heterocycles. The van der Waals surface area contributed by atoms with Crippen molar-refractivity contribution >= 4 is 29.1 Å². The summed E-state index contributed by atoms with van der Waals surface area (Å²) < 4.78 is 0. The SMILES string of the molecule is N#Cc1ccc(NC2=CC(=O)N(CCO)C2=O)cc1Cl. The summed E-state index contributed by atoms with van der Waals surface area (Å²) in [6, 6.07) is 6.51. The number of benzene rings is 1. The van der Waals surface area contributed by atoms with Gasteiger partial charge in [-0.2, -0.15) is 5.26 Å². The van der Waals surface area contributed by atoms with E-state index in [1.807, 2.05) is 6.07 Å². The lowest BCUT2D eigenvalue weighted by Crippen LogP contribution is -2.34. The number of imide groups is 1. The summed E-state index contributed by atoms with van der Waals surface area (Å²) in [6.45, 7) is -0.339. The highest BCUT2D eigenvalue weighted by molar-refractivity contribution is 6.32. The molecule has 2 N–H and O–H groups in total. The first-order chi connectivity index (χ1) is 9.56. The van der Waals surface area contributed by atoms with Crippen molar-refractivity contribution in [2.45, 2.75) is 0 Å². The molecule has 1 heterocycles. The Hall–Kier alpha value is -2.36. The van der Waals surface area contributed by atoms with Crippen LogP contribution in [0.5, 0.6) is 0 Å². The zero-order valence-electron chi connectivity index (χ0n) is 10.3. The predicted molar refractivity (Wildman–Crippen MR) is 71.7 cm³/mol. The van der Waals surface area contributed by atoms with Gasteiger partial charge in [-0.1, -0.05) is 11.6 Å². The molecule has 0 fully saturated rings. The highest BCUT2D eigenvalue weighted by Crippen LogP contribution is 2.23. The molecule has 0 aromatic heterocycles. The number of nitrogens with zero attached hydrogens (tertiary/aromatic N) is 2. The highest BCUT2D eigenvalue weighted by Gasteiger charge is 2.30. The number of nitriles is 1. The first kappa shape index (κ1) is 14.1. The highest BCUT2D eigenvalue weighted by atomic mass is 35.5. The number of aliphatic hydroxyl groups excluding tert-OH is 1. The number of hydrogen-bond donors (Lipinski definition) is 2. The number of amides is 2. The molecule has 0 spiro atoms. The fourth-order valence-electron chi connectivity index (χ4n) is 1.75. The molecule has 20 heavy (non-hydrogen) atoms. The Morgan fingerprint density at radius 1 is 1.40 bits per heavy atom. The Labute approximate surface area is 119 Å². The Bertz CT molecular complexity index is 649. The number of nitrogens with one attached hydrogen (secondary N) is 1. The molecule has 0 atom stereocenters. The third kappa shape index (κ3) is 2.64. The third-order valence-corrected chi connectivity index (χ3v) is 3.01. The van der Waals surface area contributed by atoms with Crippen LogP contribution in [0.2, 0.25) is 5.02 Å². The van der Waals surface area contributed by atoms with Gasteiger partial charge < -0.3 is 10.4 Å². The number of halogens is 1. The molecule has 2 rings (SSSR count). The summed E-state index contributed by atoms with van der Waals surface area (Å²) in [7, 11) is 0. The molecule has 1 aromatic rings. The van der Waals surface area contributed by atoms with Crippen molar-refractivity contribution < 1.29 is 14.7 Å². The van der Waals surface area contributed by atoms with Crippen LogP contribution in [0.25, 0.3) is 0 Å². The number of β-amino-alcohol motifs (C(OH)–C–C–N with tert-alkyl or cyclic N) is 1. The summed E-state index contributed by atoms with van der Waals surface area (Å²) in [6.07, 6.45) is 1.16. The Morgan fingerprint density at radius 3 is 2.75 bits per heavy atom. The molecule has 1 aliphatic rings. The van der Waals surface area contributed by atoms with Gasteiger partial charge in [0.2, 0.25) is 0 Å². The first-order valence-corrected chi connectivity index (χ1v) is 6.09. The smallest absolute Gasteiger partial charge is 0.277 e. The average Bonchev–Trinajstić information content (AvgIpc) is 2.67. The van der Waals surface area contributed by atoms with Crippen LogP contribution in [0.15, 0.2) is 30.0 Å². The fourth-order valence-corrected chi connectivity index (χ4v) is 1.97. The Morgan fingerprint density at radius 2 is 2.15 bits per heavy atom. The quantitative estimate of drug-likeness (QED) is 0.803. The van der Waals surface area contributed by atoms with Crippen LogP contribution in [-0.4, -0.2) is 35.0 Å². The normalized spacial score (nSPS) is 14.2. The van der Waals surface area contributed by atoms with E-state index in [-0.39, 0.29) is 23.9 Å². The second kappa shape index (κ2) is 5.74. The van der Waals surface area contributed by atoms with Crippen molar-refractivity contribution in [1.29, 1.82) is 5.26 Å². The predicted octanol–water partition coefficient (Wildman–Crippen LogP) is 0.869. The molecule has 0 saturated carbocycles. The van der Waals surface area contributed by atoms with E-state index in [0.29, 0.717) is 11.3 Å². The van der Waals surface area contributed by atoms with E-state index in [1.165, 1.54) is 12.1 Å². The summed E-state index contributed by atoms with van der Waals surface area (Å²) in [5, 5.41) is 20.6. The maximum absolute atomic E-state index is 11.9. The molecular weight excluding hydrogens is 282 g/mol. The van der Waals surface area contributed by atoms with Crippen molar-refractivity contribution in [2.24, 2.45) is 0 Å². The molecular formula is C13H10ClN3O3. The average molecular weight is 292 g/mol. The Kier molecular flexibility index (Phi) is 4.03. The van der Waals surface area contributed by atoms with Gasteiger partial charge in [-0.3, -0.25) is 14.5 Å². The van der Waals surface area contributed by atoms with E-state index >= 15 is 0 Å². The van der Waals surface area contributed by atoms with E-state index in [2.05, 4.69) is 5.32 Å². The van der Waals surface area contributed by atoms with Crippen LogP contribution in [0.4, 0.5) is 5.69 Å². The summed E-state index contributed by atoms with van der Waals surface area (Å²) in [5.41, 5.74) is 0.915. The van der Waals surface area contributed by atoms with Crippen molar-refractivity contribution in [1.82, 2.24) is 4.90 Å². The molecule has 0 aliphatic carbocycles. The summed E-state index contributed by atoms with van der Waals surface area (Å²) in [4.78, 5) is 24.4. The van der Waals surface area contributed by atoms with Gasteiger partial charge in [0.15, 0.2) is 0 Å². The van der Waals surface area contributed by atoms with E-state index < -0.39 is 11.8 Å². The van der Waals surface area contributed by atoms with Gasteiger partial charge in [-0.25, -0.2) is 0 Å². The number of carbonyl (C=O) groups excluding carboxylic acids is 2. The minimum absolute atomic E-state index is 0.0481. The summed E-state index contributed by atoms with van der Waals surface area (Å²) >= 11 is 5.88. The molecule has 0 saturated heterocycles. The van der Waals surface area contributed by atoms with Gasteiger partial charge in [0.25, 0.3) is 11.8 Å². The van der Waals surface area contributed by atoms with Gasteiger partial charge in [-0.05, 0) is 18.2 Å². The lowest BCUT2D eigenvalue weighted by Gasteiger charge is -2.13. The molecule has 6 nitrogen and oxygen atoms in total. The van der Waals surface area contributed by atoms with E-state index in [9.17, 15) is 9.59 Å². The lowest BCUT2D eigenvalue weighted by atomic mass is 10.2. The summed E-state index contributed by atoms with van der Waals surface area (Å²) in [5.74, 6) is -0.990. The molecule has 102 valence electrons. The largest absolute Gasteiger partial charge is 0.395 e. The zero-order valence-corrected chi connectivity index (χ0v) is 11.0. The van der Waals surface area contributed by atoms with Gasteiger partial charge in [0.05, 0.1) is 23.7 Å². The van der Waals surface area contributed by atoms with E-state index in [0.717, 1.165) is 11.0 Å². The molecule has 0 unspecified atom stereocenters. The van der Waals surface area contributed by atoms with Crippen LogP contribution >= 0.6 is 11.6 Å². The van der Waals surface area contributed by atoms with Crippen molar-refractivity contribution in [3.05, 3.63) is 40.6 Å². The van der Waals surface area contributed by atoms with Crippen LogP contribution in [0.1, 0.15) is 5.56 Å². The number of anilines is 1. The van der Waals surface area contributed by atoms with Crippen molar-refractivity contribution in [2.75, 3.05) is 18.5 Å². The molecule has 0 bridgehead atoms. The fraction of sp³-hybridized carbons (Fsp3) is 0.154. The van der Waals surface area contributed by atoms with Crippen LogP contribution < -0.4 is 5.32 Å². The van der Waals surface area contributed by atoms with Crippen LogP contribution in [-0.2, 0) is 9.59 Å². The first-order valence-electron chi connectivity index (χ1n) is 5.72.